The zero-order valence-corrected chi connectivity index (χ0v) is 8.69. The van der Waals surface area contributed by atoms with Crippen LogP contribution in [-0.4, -0.2) is 33.3 Å². The van der Waals surface area contributed by atoms with Gasteiger partial charge in [-0.25, -0.2) is 13.1 Å². The fourth-order valence-electron chi connectivity index (χ4n) is 0.743. The van der Waals surface area contributed by atoms with E-state index in [4.69, 9.17) is 0 Å². The summed E-state index contributed by atoms with van der Waals surface area (Å²) in [5.41, 5.74) is 0. The zero-order valence-electron chi connectivity index (χ0n) is 7.87. The lowest BCUT2D eigenvalue weighted by molar-refractivity contribution is -0.142. The Kier molecular flexibility index (Phi) is 5.65. The number of carbonyl (C=O) groups excluding carboxylic acids is 1. The van der Waals surface area contributed by atoms with Crippen molar-refractivity contribution in [3.05, 3.63) is 0 Å². The maximum absolute atomic E-state index is 11.0. The summed E-state index contributed by atoms with van der Waals surface area (Å²) in [4.78, 5) is 10.8. The highest BCUT2D eigenvalue weighted by molar-refractivity contribution is 7.89. The van der Waals surface area contributed by atoms with Gasteiger partial charge in [-0.15, -0.1) is 0 Å². The van der Waals surface area contributed by atoms with Crippen molar-refractivity contribution in [2.45, 2.75) is 20.3 Å². The zero-order chi connectivity index (χ0) is 10.3. The smallest absolute Gasteiger partial charge is 0.306 e. The van der Waals surface area contributed by atoms with E-state index in [0.717, 1.165) is 0 Å². The summed E-state index contributed by atoms with van der Waals surface area (Å²) in [5.74, 6) is -0.691. The molecular formula is C7H15NO4S. The van der Waals surface area contributed by atoms with Gasteiger partial charge in [-0.3, -0.25) is 4.79 Å². The molecule has 0 aliphatic heterocycles. The average Bonchev–Trinajstić information content (AvgIpc) is 2.02. The number of esters is 1. The van der Waals surface area contributed by atoms with Gasteiger partial charge in [-0.2, -0.15) is 0 Å². The van der Waals surface area contributed by atoms with Gasteiger partial charge in [0.15, 0.2) is 0 Å². The Morgan fingerprint density at radius 1 is 1.38 bits per heavy atom. The number of rotatable bonds is 6. The van der Waals surface area contributed by atoms with Gasteiger partial charge in [0, 0.05) is 6.54 Å². The molecule has 0 atom stereocenters. The van der Waals surface area contributed by atoms with Crippen molar-refractivity contribution in [2.75, 3.05) is 18.9 Å². The van der Waals surface area contributed by atoms with E-state index >= 15 is 0 Å². The molecule has 0 spiro atoms. The Balaban J connectivity index is 3.81. The third-order valence-corrected chi connectivity index (χ3v) is 2.71. The highest BCUT2D eigenvalue weighted by atomic mass is 32.2. The first kappa shape index (κ1) is 12.4. The van der Waals surface area contributed by atoms with Crippen LogP contribution in [0.2, 0.25) is 0 Å². The van der Waals surface area contributed by atoms with E-state index in [-0.39, 0.29) is 18.8 Å². The number of hydrogen-bond donors (Lipinski definition) is 1. The quantitative estimate of drug-likeness (QED) is 0.619. The van der Waals surface area contributed by atoms with Gasteiger partial charge in [0.25, 0.3) is 0 Å². The number of sulfonamides is 1. The Labute approximate surface area is 78.5 Å². The maximum Gasteiger partial charge on any atom is 0.306 e. The minimum atomic E-state index is -3.30. The molecule has 78 valence electrons. The summed E-state index contributed by atoms with van der Waals surface area (Å²) in [7, 11) is -3.30. The SMILES string of the molecule is CCNS(=O)(=O)CCC(=O)OCC. The summed E-state index contributed by atoms with van der Waals surface area (Å²) in [5, 5.41) is 0. The second-order valence-corrected chi connectivity index (χ2v) is 4.30. The Bertz CT molecular complexity index is 247. The third-order valence-electron chi connectivity index (χ3n) is 1.24. The molecule has 0 aliphatic carbocycles. The summed E-state index contributed by atoms with van der Waals surface area (Å²) >= 11 is 0. The van der Waals surface area contributed by atoms with Gasteiger partial charge in [0.05, 0.1) is 18.8 Å². The van der Waals surface area contributed by atoms with E-state index in [1.165, 1.54) is 0 Å². The van der Waals surface area contributed by atoms with Gasteiger partial charge < -0.3 is 4.74 Å². The number of nitrogens with one attached hydrogen (secondary N) is 1. The molecule has 5 nitrogen and oxygen atoms in total. The molecule has 0 saturated carbocycles. The number of ether oxygens (including phenoxy) is 1. The van der Waals surface area contributed by atoms with Crippen LogP contribution in [0, 0.1) is 0 Å². The lowest BCUT2D eigenvalue weighted by atomic mass is 10.5. The normalized spacial score (nSPS) is 11.2. The highest BCUT2D eigenvalue weighted by Crippen LogP contribution is 1.92. The largest absolute Gasteiger partial charge is 0.466 e. The molecule has 0 fully saturated rings. The van der Waals surface area contributed by atoms with Crippen LogP contribution >= 0.6 is 0 Å². The molecule has 0 rings (SSSR count). The monoisotopic (exact) mass is 209 g/mol. The Morgan fingerprint density at radius 3 is 2.46 bits per heavy atom. The number of hydrogen-bond acceptors (Lipinski definition) is 4. The van der Waals surface area contributed by atoms with E-state index in [1.807, 2.05) is 0 Å². The van der Waals surface area contributed by atoms with Crippen LogP contribution in [0.3, 0.4) is 0 Å². The van der Waals surface area contributed by atoms with Crippen LogP contribution in [0.4, 0.5) is 0 Å². The van der Waals surface area contributed by atoms with Gasteiger partial charge >= 0.3 is 5.97 Å². The molecule has 0 saturated heterocycles. The molecule has 13 heavy (non-hydrogen) atoms. The first-order valence-corrected chi connectivity index (χ1v) is 5.80. The fourth-order valence-corrected chi connectivity index (χ4v) is 1.76. The van der Waals surface area contributed by atoms with E-state index in [9.17, 15) is 13.2 Å². The van der Waals surface area contributed by atoms with Crippen LogP contribution in [0.5, 0.6) is 0 Å². The van der Waals surface area contributed by atoms with E-state index in [1.54, 1.807) is 13.8 Å². The van der Waals surface area contributed by atoms with E-state index in [2.05, 4.69) is 9.46 Å². The van der Waals surface area contributed by atoms with Crippen LogP contribution in [0.15, 0.2) is 0 Å². The van der Waals surface area contributed by atoms with Crippen LogP contribution in [0.25, 0.3) is 0 Å². The maximum atomic E-state index is 11.0. The van der Waals surface area contributed by atoms with Crippen molar-refractivity contribution in [3.8, 4) is 0 Å². The minimum absolute atomic E-state index is 0.0941. The van der Waals surface area contributed by atoms with Crippen LogP contribution in [-0.2, 0) is 19.6 Å². The van der Waals surface area contributed by atoms with Crippen molar-refractivity contribution >= 4 is 16.0 Å². The van der Waals surface area contributed by atoms with Gasteiger partial charge in [-0.1, -0.05) is 6.92 Å². The topological polar surface area (TPSA) is 72.5 Å². The lowest BCUT2D eigenvalue weighted by Crippen LogP contribution is -2.27. The molecule has 0 aromatic carbocycles. The first-order valence-electron chi connectivity index (χ1n) is 4.14. The minimum Gasteiger partial charge on any atom is -0.466 e. The highest BCUT2D eigenvalue weighted by Gasteiger charge is 2.11. The number of carbonyl (C=O) groups is 1. The predicted molar refractivity (Wildman–Crippen MR) is 48.7 cm³/mol. The second-order valence-electron chi connectivity index (χ2n) is 2.37. The van der Waals surface area contributed by atoms with Gasteiger partial charge in [0.2, 0.25) is 10.0 Å². The standard InChI is InChI=1S/C7H15NO4S/c1-3-8-13(10,11)6-5-7(9)12-4-2/h8H,3-6H2,1-2H3. The summed E-state index contributed by atoms with van der Waals surface area (Å²) in [6.07, 6.45) is -0.0941. The van der Waals surface area contributed by atoms with Crippen LogP contribution in [0.1, 0.15) is 20.3 Å². The second kappa shape index (κ2) is 5.93. The van der Waals surface area contributed by atoms with Crippen LogP contribution < -0.4 is 4.72 Å². The average molecular weight is 209 g/mol. The summed E-state index contributed by atoms with van der Waals surface area (Å²) in [6.45, 7) is 3.98. The molecule has 0 unspecified atom stereocenters. The Morgan fingerprint density at radius 2 is 2.00 bits per heavy atom. The molecule has 1 N–H and O–H groups in total. The lowest BCUT2D eigenvalue weighted by Gasteiger charge is -2.03. The first-order chi connectivity index (χ1) is 6.02. The van der Waals surface area contributed by atoms with Gasteiger partial charge in [-0.05, 0) is 6.92 Å². The molecule has 0 aromatic rings. The molecule has 0 bridgehead atoms. The van der Waals surface area contributed by atoms with Crippen molar-refractivity contribution in [2.24, 2.45) is 0 Å². The van der Waals surface area contributed by atoms with E-state index in [0.29, 0.717) is 6.54 Å². The van der Waals surface area contributed by atoms with Crippen molar-refractivity contribution < 1.29 is 17.9 Å². The predicted octanol–water partition coefficient (Wildman–Crippen LogP) is -0.121. The molecule has 0 aromatic heterocycles. The molecular weight excluding hydrogens is 194 g/mol. The third kappa shape index (κ3) is 6.53. The Hall–Kier alpha value is -0.620. The summed E-state index contributed by atoms with van der Waals surface area (Å²) in [6, 6.07) is 0. The van der Waals surface area contributed by atoms with Crippen molar-refractivity contribution in [1.29, 1.82) is 0 Å². The van der Waals surface area contributed by atoms with Crippen molar-refractivity contribution in [1.82, 2.24) is 4.72 Å². The molecule has 0 aliphatic rings. The van der Waals surface area contributed by atoms with Crippen molar-refractivity contribution in [3.63, 3.8) is 0 Å². The molecule has 0 amide bonds. The fraction of sp³-hybridized carbons (Fsp3) is 0.857. The van der Waals surface area contributed by atoms with Gasteiger partial charge in [0.1, 0.15) is 0 Å². The molecule has 6 heteroatoms. The summed E-state index contributed by atoms with van der Waals surface area (Å²) < 4.78 is 28.9. The molecule has 0 heterocycles. The van der Waals surface area contributed by atoms with E-state index < -0.39 is 16.0 Å². The molecule has 0 radical (unpaired) electrons.